The number of methoxy groups -OCH3 is 1. The van der Waals surface area contributed by atoms with Crippen LogP contribution in [-0.4, -0.2) is 50.8 Å². The average Bonchev–Trinajstić information content (AvgIpc) is 2.77. The summed E-state index contributed by atoms with van der Waals surface area (Å²) in [6, 6.07) is 13.7. The van der Waals surface area contributed by atoms with E-state index in [0.717, 1.165) is 49.7 Å². The molecule has 6 nitrogen and oxygen atoms in total. The largest absolute Gasteiger partial charge is 0.496 e. The third-order valence-corrected chi connectivity index (χ3v) is 5.06. The standard InChI is InChI=1S/C23H30N2O4/c1-3-28-17-21-14-18(8-9-22(21)27-2)23(26)24-15-19-6-4-5-7-20(19)16-25-10-12-29-13-11-25/h4-9,14H,3,10-13,15-17H2,1-2H3,(H,24,26). The second-order valence-corrected chi connectivity index (χ2v) is 7.00. The minimum absolute atomic E-state index is 0.105. The second kappa shape index (κ2) is 11.0. The van der Waals surface area contributed by atoms with Gasteiger partial charge in [-0.25, -0.2) is 0 Å². The van der Waals surface area contributed by atoms with Crippen LogP contribution in [0.3, 0.4) is 0 Å². The molecular formula is C23H30N2O4. The molecule has 1 amide bonds. The van der Waals surface area contributed by atoms with Crippen molar-refractivity contribution >= 4 is 5.91 Å². The summed E-state index contributed by atoms with van der Waals surface area (Å²) in [5.41, 5.74) is 3.85. The van der Waals surface area contributed by atoms with Crippen LogP contribution in [-0.2, 0) is 29.2 Å². The Balaban J connectivity index is 1.64. The summed E-state index contributed by atoms with van der Waals surface area (Å²) in [5.74, 6) is 0.623. The van der Waals surface area contributed by atoms with E-state index < -0.39 is 0 Å². The Morgan fingerprint density at radius 3 is 2.59 bits per heavy atom. The van der Waals surface area contributed by atoms with E-state index in [1.165, 1.54) is 5.56 Å². The van der Waals surface area contributed by atoms with E-state index >= 15 is 0 Å². The molecule has 1 fully saturated rings. The SMILES string of the molecule is CCOCc1cc(C(=O)NCc2ccccc2CN2CCOCC2)ccc1OC. The summed E-state index contributed by atoms with van der Waals surface area (Å²) < 4.78 is 16.3. The summed E-state index contributed by atoms with van der Waals surface area (Å²) in [7, 11) is 1.62. The van der Waals surface area contributed by atoms with Gasteiger partial charge in [-0.2, -0.15) is 0 Å². The molecule has 1 aliphatic rings. The first-order valence-electron chi connectivity index (χ1n) is 10.1. The number of ether oxygens (including phenoxy) is 3. The Bertz CT molecular complexity index is 803. The molecule has 0 saturated carbocycles. The first-order chi connectivity index (χ1) is 14.2. The van der Waals surface area contributed by atoms with Gasteiger partial charge in [-0.3, -0.25) is 9.69 Å². The van der Waals surface area contributed by atoms with Crippen LogP contribution in [0.25, 0.3) is 0 Å². The van der Waals surface area contributed by atoms with Gasteiger partial charge in [0.1, 0.15) is 5.75 Å². The number of nitrogens with zero attached hydrogens (tertiary/aromatic N) is 1. The quantitative estimate of drug-likeness (QED) is 0.704. The number of carbonyl (C=O) groups excluding carboxylic acids is 1. The average molecular weight is 399 g/mol. The second-order valence-electron chi connectivity index (χ2n) is 7.00. The highest BCUT2D eigenvalue weighted by Crippen LogP contribution is 2.21. The fourth-order valence-corrected chi connectivity index (χ4v) is 3.41. The molecule has 0 spiro atoms. The van der Waals surface area contributed by atoms with Gasteiger partial charge in [0, 0.05) is 43.9 Å². The number of rotatable bonds is 9. The molecule has 2 aromatic carbocycles. The van der Waals surface area contributed by atoms with Crippen molar-refractivity contribution < 1.29 is 19.0 Å². The summed E-state index contributed by atoms with van der Waals surface area (Å²) >= 11 is 0. The van der Waals surface area contributed by atoms with E-state index in [-0.39, 0.29) is 5.91 Å². The molecule has 0 radical (unpaired) electrons. The first-order valence-corrected chi connectivity index (χ1v) is 10.1. The fourth-order valence-electron chi connectivity index (χ4n) is 3.41. The Hall–Kier alpha value is -2.41. The van der Waals surface area contributed by atoms with Crippen LogP contribution in [0.15, 0.2) is 42.5 Å². The third kappa shape index (κ3) is 6.03. The molecule has 0 bridgehead atoms. The number of carbonyl (C=O) groups is 1. The predicted molar refractivity (Wildman–Crippen MR) is 112 cm³/mol. The summed E-state index contributed by atoms with van der Waals surface area (Å²) in [5, 5.41) is 3.05. The molecule has 6 heteroatoms. The molecule has 0 atom stereocenters. The number of hydrogen-bond donors (Lipinski definition) is 1. The van der Waals surface area contributed by atoms with Gasteiger partial charge in [0.25, 0.3) is 5.91 Å². The van der Waals surface area contributed by atoms with Crippen molar-refractivity contribution in [2.45, 2.75) is 26.6 Å². The van der Waals surface area contributed by atoms with Gasteiger partial charge in [0.15, 0.2) is 0 Å². The summed E-state index contributed by atoms with van der Waals surface area (Å²) in [4.78, 5) is 15.1. The monoisotopic (exact) mass is 398 g/mol. The van der Waals surface area contributed by atoms with Crippen molar-refractivity contribution in [2.24, 2.45) is 0 Å². The van der Waals surface area contributed by atoms with Crippen molar-refractivity contribution in [3.05, 3.63) is 64.7 Å². The summed E-state index contributed by atoms with van der Waals surface area (Å²) in [6.45, 7) is 7.77. The van der Waals surface area contributed by atoms with Crippen LogP contribution in [0.1, 0.15) is 34.0 Å². The molecule has 156 valence electrons. The van der Waals surface area contributed by atoms with Crippen LogP contribution in [0.2, 0.25) is 0 Å². The maximum absolute atomic E-state index is 12.7. The minimum Gasteiger partial charge on any atom is -0.496 e. The Labute approximate surface area is 172 Å². The lowest BCUT2D eigenvalue weighted by molar-refractivity contribution is 0.0340. The van der Waals surface area contributed by atoms with Gasteiger partial charge in [-0.1, -0.05) is 24.3 Å². The molecule has 1 N–H and O–H groups in total. The molecule has 2 aromatic rings. The van der Waals surface area contributed by atoms with Crippen LogP contribution in [0.4, 0.5) is 0 Å². The van der Waals surface area contributed by atoms with Crippen molar-refractivity contribution in [3.8, 4) is 5.75 Å². The highest BCUT2D eigenvalue weighted by molar-refractivity contribution is 5.94. The number of amides is 1. The van der Waals surface area contributed by atoms with E-state index in [1.807, 2.05) is 31.2 Å². The van der Waals surface area contributed by atoms with E-state index in [4.69, 9.17) is 14.2 Å². The van der Waals surface area contributed by atoms with Crippen LogP contribution in [0.5, 0.6) is 5.75 Å². The molecule has 1 heterocycles. The normalized spacial score (nSPS) is 14.6. The van der Waals surface area contributed by atoms with Crippen LogP contribution < -0.4 is 10.1 Å². The van der Waals surface area contributed by atoms with Crippen LogP contribution in [0, 0.1) is 0 Å². The molecule has 1 aliphatic heterocycles. The lowest BCUT2D eigenvalue weighted by Gasteiger charge is -2.27. The molecule has 0 unspecified atom stereocenters. The van der Waals surface area contributed by atoms with Crippen molar-refractivity contribution in [2.75, 3.05) is 40.0 Å². The summed E-state index contributed by atoms with van der Waals surface area (Å²) in [6.07, 6.45) is 0. The van der Waals surface area contributed by atoms with Gasteiger partial charge in [0.05, 0.1) is 26.9 Å². The highest BCUT2D eigenvalue weighted by Gasteiger charge is 2.14. The van der Waals surface area contributed by atoms with E-state index in [2.05, 4.69) is 22.3 Å². The third-order valence-electron chi connectivity index (χ3n) is 5.06. The van der Waals surface area contributed by atoms with E-state index in [9.17, 15) is 4.79 Å². The smallest absolute Gasteiger partial charge is 0.251 e. The zero-order chi connectivity index (χ0) is 20.5. The molecular weight excluding hydrogens is 368 g/mol. The zero-order valence-corrected chi connectivity index (χ0v) is 17.3. The molecule has 3 rings (SSSR count). The lowest BCUT2D eigenvalue weighted by atomic mass is 10.1. The maximum atomic E-state index is 12.7. The van der Waals surface area contributed by atoms with Crippen molar-refractivity contribution in [1.29, 1.82) is 0 Å². The van der Waals surface area contributed by atoms with E-state index in [0.29, 0.717) is 25.3 Å². The maximum Gasteiger partial charge on any atom is 0.251 e. The van der Waals surface area contributed by atoms with E-state index in [1.54, 1.807) is 13.2 Å². The van der Waals surface area contributed by atoms with Crippen LogP contribution >= 0.6 is 0 Å². The number of morpholine rings is 1. The minimum atomic E-state index is -0.105. The zero-order valence-electron chi connectivity index (χ0n) is 17.3. The Morgan fingerprint density at radius 2 is 1.86 bits per heavy atom. The highest BCUT2D eigenvalue weighted by atomic mass is 16.5. The van der Waals surface area contributed by atoms with Crippen molar-refractivity contribution in [3.63, 3.8) is 0 Å². The van der Waals surface area contributed by atoms with Crippen molar-refractivity contribution in [1.82, 2.24) is 10.2 Å². The molecule has 1 saturated heterocycles. The Kier molecular flexibility index (Phi) is 8.04. The lowest BCUT2D eigenvalue weighted by Crippen LogP contribution is -2.36. The fraction of sp³-hybridized carbons (Fsp3) is 0.435. The van der Waals surface area contributed by atoms with Gasteiger partial charge in [0.2, 0.25) is 0 Å². The molecule has 29 heavy (non-hydrogen) atoms. The van der Waals surface area contributed by atoms with Gasteiger partial charge in [-0.15, -0.1) is 0 Å². The topological polar surface area (TPSA) is 60.0 Å². The van der Waals surface area contributed by atoms with Gasteiger partial charge >= 0.3 is 0 Å². The van der Waals surface area contributed by atoms with Gasteiger partial charge < -0.3 is 19.5 Å². The molecule has 0 aromatic heterocycles. The predicted octanol–water partition coefficient (Wildman–Crippen LogP) is 2.99. The Morgan fingerprint density at radius 1 is 1.10 bits per heavy atom. The number of hydrogen-bond acceptors (Lipinski definition) is 5. The first kappa shape index (κ1) is 21.3. The number of nitrogens with one attached hydrogen (secondary N) is 1. The van der Waals surface area contributed by atoms with Gasteiger partial charge in [-0.05, 0) is 36.2 Å². The molecule has 0 aliphatic carbocycles. The number of benzene rings is 2.